The van der Waals surface area contributed by atoms with Crippen LogP contribution in [-0.2, 0) is 9.59 Å². The highest BCUT2D eigenvalue weighted by Gasteiger charge is 2.38. The number of nitrogens with zero attached hydrogens (tertiary/aromatic N) is 1. The van der Waals surface area contributed by atoms with E-state index >= 15 is 0 Å². The summed E-state index contributed by atoms with van der Waals surface area (Å²) in [5.74, 6) is -0.0678. The zero-order chi connectivity index (χ0) is 15.4. The van der Waals surface area contributed by atoms with Crippen molar-refractivity contribution in [2.24, 2.45) is 5.92 Å². The second-order valence-electron chi connectivity index (χ2n) is 6.15. The van der Waals surface area contributed by atoms with Crippen LogP contribution in [0, 0.1) is 5.92 Å². The highest BCUT2D eigenvalue weighted by atomic mass is 16.2. The van der Waals surface area contributed by atoms with Crippen LogP contribution in [0.5, 0.6) is 0 Å². The van der Waals surface area contributed by atoms with Crippen molar-refractivity contribution < 1.29 is 14.4 Å². The number of rotatable bonds is 5. The third kappa shape index (κ3) is 3.74. The molecule has 2 rings (SSSR count). The highest BCUT2D eigenvalue weighted by Crippen LogP contribution is 2.23. The molecule has 1 saturated heterocycles. The van der Waals surface area contributed by atoms with E-state index in [-0.39, 0.29) is 24.4 Å². The molecule has 0 spiro atoms. The maximum atomic E-state index is 12.1. The molecule has 0 aromatic heterocycles. The van der Waals surface area contributed by atoms with Gasteiger partial charge in [-0.2, -0.15) is 0 Å². The number of urea groups is 1. The summed E-state index contributed by atoms with van der Waals surface area (Å²) in [5.41, 5.74) is 0. The quantitative estimate of drug-likeness (QED) is 0.753. The second-order valence-corrected chi connectivity index (χ2v) is 6.15. The molecule has 2 fully saturated rings. The summed E-state index contributed by atoms with van der Waals surface area (Å²) < 4.78 is 0. The summed E-state index contributed by atoms with van der Waals surface area (Å²) in [7, 11) is 0. The first-order valence-corrected chi connectivity index (χ1v) is 7.94. The van der Waals surface area contributed by atoms with Gasteiger partial charge in [0.05, 0.1) is 0 Å². The Balaban J connectivity index is 1.87. The molecule has 3 atom stereocenters. The summed E-state index contributed by atoms with van der Waals surface area (Å²) in [6.45, 7) is 3.92. The van der Waals surface area contributed by atoms with Crippen LogP contribution in [-0.4, -0.2) is 41.4 Å². The molecule has 6 heteroatoms. The maximum Gasteiger partial charge on any atom is 0.325 e. The van der Waals surface area contributed by atoms with Crippen molar-refractivity contribution in [2.45, 2.75) is 64.5 Å². The number of nitrogens with one attached hydrogen (secondary N) is 2. The molecule has 21 heavy (non-hydrogen) atoms. The molecule has 1 aliphatic heterocycles. The van der Waals surface area contributed by atoms with Crippen LogP contribution in [0.25, 0.3) is 0 Å². The summed E-state index contributed by atoms with van der Waals surface area (Å²) >= 11 is 0. The lowest BCUT2D eigenvalue weighted by molar-refractivity contribution is -0.132. The molecule has 2 aliphatic rings. The lowest BCUT2D eigenvalue weighted by Crippen LogP contribution is -2.47. The van der Waals surface area contributed by atoms with Crippen LogP contribution in [0.2, 0.25) is 0 Å². The first-order chi connectivity index (χ1) is 10.0. The fourth-order valence-corrected chi connectivity index (χ4v) is 3.14. The van der Waals surface area contributed by atoms with E-state index in [4.69, 9.17) is 0 Å². The van der Waals surface area contributed by atoms with E-state index in [0.717, 1.165) is 30.6 Å². The number of hydrogen-bond donors (Lipinski definition) is 2. The van der Waals surface area contributed by atoms with E-state index in [9.17, 15) is 14.4 Å². The zero-order valence-electron chi connectivity index (χ0n) is 12.9. The Morgan fingerprint density at radius 2 is 2.05 bits per heavy atom. The molecule has 1 saturated carbocycles. The first-order valence-electron chi connectivity index (χ1n) is 7.94. The standard InChI is InChI=1S/C15H25N3O3/c1-3-6-12-14(20)18(15(21)17-12)9-13(19)16-11-8-5-4-7-10(11)2/h10-12H,3-9H2,1-2H3,(H,16,19)(H,17,21)/t10-,11-,12-/m0/s1. The summed E-state index contributed by atoms with van der Waals surface area (Å²) in [6.07, 6.45) is 5.85. The Morgan fingerprint density at radius 3 is 2.71 bits per heavy atom. The van der Waals surface area contributed by atoms with Crippen molar-refractivity contribution >= 4 is 17.8 Å². The molecule has 0 aromatic rings. The van der Waals surface area contributed by atoms with Crippen molar-refractivity contribution in [3.8, 4) is 0 Å². The van der Waals surface area contributed by atoms with Gasteiger partial charge < -0.3 is 10.6 Å². The molecule has 0 radical (unpaired) electrons. The second kappa shape index (κ2) is 6.91. The molecular formula is C15H25N3O3. The van der Waals surface area contributed by atoms with Crippen LogP contribution in [0.15, 0.2) is 0 Å². The number of imide groups is 1. The maximum absolute atomic E-state index is 12.1. The smallest absolute Gasteiger partial charge is 0.325 e. The van der Waals surface area contributed by atoms with E-state index in [1.165, 1.54) is 6.42 Å². The Labute approximate surface area is 125 Å². The lowest BCUT2D eigenvalue weighted by Gasteiger charge is -2.29. The Hall–Kier alpha value is -1.59. The van der Waals surface area contributed by atoms with E-state index in [1.807, 2.05) is 6.92 Å². The molecule has 0 aromatic carbocycles. The van der Waals surface area contributed by atoms with Gasteiger partial charge in [0.2, 0.25) is 5.91 Å². The van der Waals surface area contributed by atoms with Gasteiger partial charge in [0.15, 0.2) is 0 Å². The SMILES string of the molecule is CCC[C@@H]1NC(=O)N(CC(=O)N[C@H]2CCCC[C@@H]2C)C1=O. The lowest BCUT2D eigenvalue weighted by atomic mass is 9.86. The summed E-state index contributed by atoms with van der Waals surface area (Å²) in [6, 6.07) is -0.757. The van der Waals surface area contributed by atoms with Crippen molar-refractivity contribution in [3.63, 3.8) is 0 Å². The zero-order valence-corrected chi connectivity index (χ0v) is 12.9. The number of carbonyl (C=O) groups excluding carboxylic acids is 3. The molecular weight excluding hydrogens is 270 g/mol. The molecule has 0 unspecified atom stereocenters. The van der Waals surface area contributed by atoms with Gasteiger partial charge in [0, 0.05) is 6.04 Å². The van der Waals surface area contributed by atoms with Gasteiger partial charge in [-0.3, -0.25) is 14.5 Å². The number of carbonyl (C=O) groups is 3. The van der Waals surface area contributed by atoms with Gasteiger partial charge in [-0.1, -0.05) is 33.1 Å². The number of hydrogen-bond acceptors (Lipinski definition) is 3. The fraction of sp³-hybridized carbons (Fsp3) is 0.800. The minimum Gasteiger partial charge on any atom is -0.352 e. The van der Waals surface area contributed by atoms with Gasteiger partial charge in [-0.15, -0.1) is 0 Å². The monoisotopic (exact) mass is 295 g/mol. The average Bonchev–Trinajstić information content (AvgIpc) is 2.70. The van der Waals surface area contributed by atoms with Crippen LogP contribution in [0.3, 0.4) is 0 Å². The molecule has 0 bridgehead atoms. The molecule has 1 aliphatic carbocycles. The summed E-state index contributed by atoms with van der Waals surface area (Å²) in [4.78, 5) is 37.0. The van der Waals surface area contributed by atoms with E-state index < -0.39 is 12.1 Å². The summed E-state index contributed by atoms with van der Waals surface area (Å²) in [5, 5.41) is 5.60. The van der Waals surface area contributed by atoms with E-state index in [2.05, 4.69) is 17.6 Å². The predicted molar refractivity (Wildman–Crippen MR) is 78.5 cm³/mol. The van der Waals surface area contributed by atoms with Crippen molar-refractivity contribution in [1.29, 1.82) is 0 Å². The van der Waals surface area contributed by atoms with Gasteiger partial charge in [-0.05, 0) is 25.2 Å². The minimum absolute atomic E-state index is 0.165. The highest BCUT2D eigenvalue weighted by molar-refractivity contribution is 6.06. The molecule has 4 amide bonds. The van der Waals surface area contributed by atoms with Gasteiger partial charge in [0.1, 0.15) is 12.6 Å². The van der Waals surface area contributed by atoms with Crippen LogP contribution >= 0.6 is 0 Å². The molecule has 1 heterocycles. The molecule has 118 valence electrons. The normalized spacial score (nSPS) is 29.4. The molecule has 2 N–H and O–H groups in total. The Kier molecular flexibility index (Phi) is 5.20. The first kappa shape index (κ1) is 15.8. The van der Waals surface area contributed by atoms with Crippen LogP contribution < -0.4 is 10.6 Å². The Morgan fingerprint density at radius 1 is 1.33 bits per heavy atom. The van der Waals surface area contributed by atoms with Gasteiger partial charge in [0.25, 0.3) is 5.91 Å². The molecule has 6 nitrogen and oxygen atoms in total. The van der Waals surface area contributed by atoms with Crippen LogP contribution in [0.1, 0.15) is 52.4 Å². The van der Waals surface area contributed by atoms with E-state index in [0.29, 0.717) is 12.3 Å². The Bertz CT molecular complexity index is 424. The van der Waals surface area contributed by atoms with Crippen LogP contribution in [0.4, 0.5) is 4.79 Å². The van der Waals surface area contributed by atoms with Crippen molar-refractivity contribution in [2.75, 3.05) is 6.54 Å². The van der Waals surface area contributed by atoms with Crippen molar-refractivity contribution in [3.05, 3.63) is 0 Å². The number of amides is 4. The van der Waals surface area contributed by atoms with E-state index in [1.54, 1.807) is 0 Å². The largest absolute Gasteiger partial charge is 0.352 e. The van der Waals surface area contributed by atoms with Gasteiger partial charge in [-0.25, -0.2) is 4.79 Å². The minimum atomic E-state index is -0.469. The van der Waals surface area contributed by atoms with Crippen molar-refractivity contribution in [1.82, 2.24) is 15.5 Å². The predicted octanol–water partition coefficient (Wildman–Crippen LogP) is 1.40. The third-order valence-electron chi connectivity index (χ3n) is 4.44. The average molecular weight is 295 g/mol. The third-order valence-corrected chi connectivity index (χ3v) is 4.44. The van der Waals surface area contributed by atoms with Gasteiger partial charge >= 0.3 is 6.03 Å². The fourth-order valence-electron chi connectivity index (χ4n) is 3.14. The topological polar surface area (TPSA) is 78.5 Å².